The van der Waals surface area contributed by atoms with Gasteiger partial charge in [0.15, 0.2) is 5.11 Å². The number of hydrogen-bond acceptors (Lipinski definition) is 2. The predicted molar refractivity (Wildman–Crippen MR) is 89.0 cm³/mol. The Kier molecular flexibility index (Phi) is 4.87. The largest absolute Gasteiger partial charge is 0.332 e. The Labute approximate surface area is 131 Å². The van der Waals surface area contributed by atoms with Crippen LogP contribution in [-0.4, -0.2) is 11.0 Å². The lowest BCUT2D eigenvalue weighted by molar-refractivity contribution is 0.0978. The Morgan fingerprint density at radius 3 is 2.55 bits per heavy atom. The number of thiocarbonyl (C=S) groups is 1. The molecule has 0 radical (unpaired) electrons. The maximum Gasteiger partial charge on any atom is 0.257 e. The average Bonchev–Trinajstić information content (AvgIpc) is 2.43. The third kappa shape index (κ3) is 3.88. The van der Waals surface area contributed by atoms with Gasteiger partial charge in [-0.25, -0.2) is 0 Å². The second-order valence-electron chi connectivity index (χ2n) is 4.23. The van der Waals surface area contributed by atoms with E-state index in [2.05, 4.69) is 26.6 Å². The van der Waals surface area contributed by atoms with E-state index >= 15 is 0 Å². The van der Waals surface area contributed by atoms with E-state index in [1.807, 2.05) is 43.3 Å². The number of halogens is 1. The number of amides is 1. The molecule has 2 aromatic carbocycles. The highest BCUT2D eigenvalue weighted by Gasteiger charge is 2.08. The molecule has 0 spiro atoms. The molecule has 102 valence electrons. The quantitative estimate of drug-likeness (QED) is 0.809. The van der Waals surface area contributed by atoms with Gasteiger partial charge in [-0.3, -0.25) is 10.1 Å². The summed E-state index contributed by atoms with van der Waals surface area (Å²) in [6, 6.07) is 14.8. The summed E-state index contributed by atoms with van der Waals surface area (Å²) in [5.74, 6) is -0.226. The van der Waals surface area contributed by atoms with Gasteiger partial charge in [-0.2, -0.15) is 0 Å². The van der Waals surface area contributed by atoms with Crippen molar-refractivity contribution < 1.29 is 4.79 Å². The third-order valence-corrected chi connectivity index (χ3v) is 3.41. The first-order valence-electron chi connectivity index (χ1n) is 6.00. The Morgan fingerprint density at radius 1 is 1.15 bits per heavy atom. The van der Waals surface area contributed by atoms with Crippen LogP contribution in [0.25, 0.3) is 0 Å². The van der Waals surface area contributed by atoms with Gasteiger partial charge in [-0.1, -0.05) is 40.2 Å². The summed E-state index contributed by atoms with van der Waals surface area (Å²) >= 11 is 8.56. The molecular formula is C15H13BrN2OS. The molecule has 2 rings (SSSR count). The van der Waals surface area contributed by atoms with E-state index in [1.165, 1.54) is 0 Å². The van der Waals surface area contributed by atoms with Crippen molar-refractivity contribution in [1.29, 1.82) is 0 Å². The van der Waals surface area contributed by atoms with Crippen LogP contribution in [0.2, 0.25) is 0 Å². The maximum atomic E-state index is 11.9. The highest BCUT2D eigenvalue weighted by atomic mass is 79.9. The van der Waals surface area contributed by atoms with Crippen LogP contribution in [0.1, 0.15) is 15.9 Å². The van der Waals surface area contributed by atoms with Crippen LogP contribution in [0.4, 0.5) is 5.69 Å². The first-order chi connectivity index (χ1) is 9.56. The Balaban J connectivity index is 2.03. The normalized spacial score (nSPS) is 9.90. The number of carbonyl (C=O) groups is 1. The van der Waals surface area contributed by atoms with E-state index in [-0.39, 0.29) is 11.0 Å². The molecule has 0 atom stereocenters. The van der Waals surface area contributed by atoms with E-state index in [9.17, 15) is 4.79 Å². The highest BCUT2D eigenvalue weighted by molar-refractivity contribution is 9.10. The van der Waals surface area contributed by atoms with Gasteiger partial charge >= 0.3 is 0 Å². The second kappa shape index (κ2) is 6.63. The van der Waals surface area contributed by atoms with Gasteiger partial charge in [0.1, 0.15) is 0 Å². The lowest BCUT2D eigenvalue weighted by Crippen LogP contribution is -2.34. The minimum absolute atomic E-state index is 0.226. The molecule has 1 amide bonds. The molecule has 5 heteroatoms. The smallest absolute Gasteiger partial charge is 0.257 e. The fraction of sp³-hybridized carbons (Fsp3) is 0.0667. The van der Waals surface area contributed by atoms with Crippen molar-refractivity contribution in [1.82, 2.24) is 5.32 Å². The van der Waals surface area contributed by atoms with Crippen LogP contribution < -0.4 is 10.6 Å². The summed E-state index contributed by atoms with van der Waals surface area (Å²) in [6.07, 6.45) is 0. The Morgan fingerprint density at radius 2 is 1.85 bits per heavy atom. The molecule has 0 fully saturated rings. The van der Waals surface area contributed by atoms with Crippen molar-refractivity contribution in [2.24, 2.45) is 0 Å². The minimum atomic E-state index is -0.226. The van der Waals surface area contributed by atoms with Gasteiger partial charge in [-0.05, 0) is 49.0 Å². The molecular weight excluding hydrogens is 336 g/mol. The summed E-state index contributed by atoms with van der Waals surface area (Å²) in [5, 5.41) is 5.96. The van der Waals surface area contributed by atoms with Crippen LogP contribution in [0.3, 0.4) is 0 Å². The number of hydrogen-bond donors (Lipinski definition) is 2. The SMILES string of the molecule is Cc1ccc(Br)cc1NC(=S)NC(=O)c1ccccc1. The summed E-state index contributed by atoms with van der Waals surface area (Å²) in [4.78, 5) is 11.9. The Hall–Kier alpha value is -1.72. The molecule has 2 aromatic rings. The van der Waals surface area contributed by atoms with E-state index < -0.39 is 0 Å². The van der Waals surface area contributed by atoms with Gasteiger partial charge in [0, 0.05) is 15.7 Å². The van der Waals surface area contributed by atoms with E-state index in [1.54, 1.807) is 12.1 Å². The van der Waals surface area contributed by atoms with Gasteiger partial charge < -0.3 is 5.32 Å². The molecule has 0 aliphatic heterocycles. The molecule has 0 saturated heterocycles. The monoisotopic (exact) mass is 348 g/mol. The lowest BCUT2D eigenvalue weighted by atomic mass is 10.2. The molecule has 2 N–H and O–H groups in total. The number of carbonyl (C=O) groups excluding carboxylic acids is 1. The van der Waals surface area contributed by atoms with Gasteiger partial charge in [0.05, 0.1) is 0 Å². The zero-order chi connectivity index (χ0) is 14.5. The molecule has 0 bridgehead atoms. The number of nitrogens with one attached hydrogen (secondary N) is 2. The van der Waals surface area contributed by atoms with Gasteiger partial charge in [-0.15, -0.1) is 0 Å². The van der Waals surface area contributed by atoms with Crippen LogP contribution >= 0.6 is 28.1 Å². The zero-order valence-electron chi connectivity index (χ0n) is 10.8. The maximum absolute atomic E-state index is 11.9. The summed E-state index contributed by atoms with van der Waals surface area (Å²) in [7, 11) is 0. The van der Waals surface area contributed by atoms with Crippen molar-refractivity contribution in [3.63, 3.8) is 0 Å². The highest BCUT2D eigenvalue weighted by Crippen LogP contribution is 2.20. The second-order valence-corrected chi connectivity index (χ2v) is 5.56. The fourth-order valence-corrected chi connectivity index (χ4v) is 2.21. The van der Waals surface area contributed by atoms with Crippen LogP contribution in [0.15, 0.2) is 53.0 Å². The minimum Gasteiger partial charge on any atom is -0.332 e. The fourth-order valence-electron chi connectivity index (χ4n) is 1.65. The van der Waals surface area contributed by atoms with E-state index in [4.69, 9.17) is 12.2 Å². The molecule has 0 heterocycles. The van der Waals surface area contributed by atoms with Gasteiger partial charge in [0.2, 0.25) is 0 Å². The first-order valence-corrected chi connectivity index (χ1v) is 7.20. The van der Waals surface area contributed by atoms with E-state index in [0.29, 0.717) is 5.56 Å². The van der Waals surface area contributed by atoms with Crippen molar-refractivity contribution in [3.8, 4) is 0 Å². The molecule has 0 saturated carbocycles. The number of anilines is 1. The van der Waals surface area contributed by atoms with E-state index in [0.717, 1.165) is 15.7 Å². The number of aryl methyl sites for hydroxylation is 1. The number of benzene rings is 2. The van der Waals surface area contributed by atoms with Crippen LogP contribution in [-0.2, 0) is 0 Å². The molecule has 20 heavy (non-hydrogen) atoms. The van der Waals surface area contributed by atoms with Gasteiger partial charge in [0.25, 0.3) is 5.91 Å². The molecule has 0 aliphatic rings. The average molecular weight is 349 g/mol. The zero-order valence-corrected chi connectivity index (χ0v) is 13.2. The predicted octanol–water partition coefficient (Wildman–Crippen LogP) is 3.88. The third-order valence-electron chi connectivity index (χ3n) is 2.71. The summed E-state index contributed by atoms with van der Waals surface area (Å²) in [6.45, 7) is 1.97. The van der Waals surface area contributed by atoms with Crippen molar-refractivity contribution >= 4 is 44.9 Å². The molecule has 0 aromatic heterocycles. The molecule has 0 unspecified atom stereocenters. The number of rotatable bonds is 2. The van der Waals surface area contributed by atoms with Crippen molar-refractivity contribution in [2.45, 2.75) is 6.92 Å². The summed E-state index contributed by atoms with van der Waals surface area (Å²) < 4.78 is 0.947. The van der Waals surface area contributed by atoms with Crippen LogP contribution in [0, 0.1) is 6.92 Å². The Bertz CT molecular complexity index is 644. The standard InChI is InChI=1S/C15H13BrN2OS/c1-10-7-8-12(16)9-13(10)17-15(20)18-14(19)11-5-3-2-4-6-11/h2-9H,1H3,(H2,17,18,19,20). The van der Waals surface area contributed by atoms with Crippen molar-refractivity contribution in [3.05, 3.63) is 64.1 Å². The first kappa shape index (κ1) is 14.7. The summed E-state index contributed by atoms with van der Waals surface area (Å²) in [5.41, 5.74) is 2.48. The van der Waals surface area contributed by atoms with Crippen molar-refractivity contribution in [2.75, 3.05) is 5.32 Å². The molecule has 3 nitrogen and oxygen atoms in total. The lowest BCUT2D eigenvalue weighted by Gasteiger charge is -2.12. The molecule has 0 aliphatic carbocycles. The topological polar surface area (TPSA) is 41.1 Å². The van der Waals surface area contributed by atoms with Crippen LogP contribution in [0.5, 0.6) is 0 Å².